The summed E-state index contributed by atoms with van der Waals surface area (Å²) in [5.74, 6) is 0.672. The Morgan fingerprint density at radius 3 is 1.49 bits per heavy atom. The monoisotopic (exact) mass is 678 g/mol. The maximum atomic E-state index is 5.29. The predicted octanol–water partition coefficient (Wildman–Crippen LogP) is 12.2. The highest BCUT2D eigenvalue weighted by Gasteiger charge is 2.35. The molecule has 0 bridgehead atoms. The number of hydrogen-bond donors (Lipinski definition) is 0. The fourth-order valence-corrected chi connectivity index (χ4v) is 7.86. The maximum absolute atomic E-state index is 5.29. The molecule has 0 aliphatic heterocycles. The Morgan fingerprint density at radius 1 is 0.340 bits per heavy atom. The van der Waals surface area contributed by atoms with E-state index < -0.39 is 0 Å². The third-order valence-corrected chi connectivity index (χ3v) is 10.7. The zero-order valence-corrected chi connectivity index (χ0v) is 29.5. The highest BCUT2D eigenvalue weighted by atomic mass is 14.9. The van der Waals surface area contributed by atoms with Crippen LogP contribution in [0.5, 0.6) is 0 Å². The van der Waals surface area contributed by atoms with Gasteiger partial charge in [-0.2, -0.15) is 0 Å². The smallest absolute Gasteiger partial charge is 0.160 e. The highest BCUT2D eigenvalue weighted by molar-refractivity contribution is 6.04. The number of hydrogen-bond acceptors (Lipinski definition) is 4. The zero-order chi connectivity index (χ0) is 35.5. The van der Waals surface area contributed by atoms with Crippen molar-refractivity contribution >= 4 is 21.8 Å². The molecule has 4 heteroatoms. The number of pyridine rings is 2. The first-order valence-electron chi connectivity index (χ1n) is 18.1. The summed E-state index contributed by atoms with van der Waals surface area (Å²) in [6.45, 7) is 4.63. The van der Waals surface area contributed by atoms with E-state index in [1.807, 2.05) is 36.4 Å². The lowest BCUT2D eigenvalue weighted by molar-refractivity contribution is 0.660. The van der Waals surface area contributed by atoms with Crippen LogP contribution in [0, 0.1) is 0 Å². The molecule has 0 N–H and O–H groups in total. The topological polar surface area (TPSA) is 51.6 Å². The van der Waals surface area contributed by atoms with E-state index in [0.29, 0.717) is 5.82 Å². The van der Waals surface area contributed by atoms with E-state index in [2.05, 4.69) is 147 Å². The molecule has 53 heavy (non-hydrogen) atoms. The Kier molecular flexibility index (Phi) is 7.12. The van der Waals surface area contributed by atoms with Crippen molar-refractivity contribution in [1.82, 2.24) is 19.9 Å². The van der Waals surface area contributed by atoms with Crippen LogP contribution in [0.25, 0.3) is 89.4 Å². The minimum atomic E-state index is -0.0759. The Hall–Kier alpha value is -6.78. The van der Waals surface area contributed by atoms with Crippen LogP contribution in [-0.4, -0.2) is 19.9 Å². The van der Waals surface area contributed by atoms with E-state index in [1.54, 1.807) is 0 Å². The quantitative estimate of drug-likeness (QED) is 0.170. The van der Waals surface area contributed by atoms with Crippen LogP contribution in [-0.2, 0) is 5.41 Å². The van der Waals surface area contributed by atoms with Gasteiger partial charge in [0, 0.05) is 44.0 Å². The van der Waals surface area contributed by atoms with Crippen LogP contribution in [0.4, 0.5) is 0 Å². The molecule has 6 aromatic carbocycles. The molecule has 250 valence electrons. The van der Waals surface area contributed by atoms with Gasteiger partial charge in [0.2, 0.25) is 0 Å². The third-order valence-electron chi connectivity index (χ3n) is 10.7. The summed E-state index contributed by atoms with van der Waals surface area (Å²) < 4.78 is 0. The van der Waals surface area contributed by atoms with Gasteiger partial charge in [-0.3, -0.25) is 0 Å². The maximum Gasteiger partial charge on any atom is 0.160 e. The van der Waals surface area contributed by atoms with Gasteiger partial charge in [-0.15, -0.1) is 0 Å². The zero-order valence-electron chi connectivity index (χ0n) is 29.5. The third kappa shape index (κ3) is 5.30. The van der Waals surface area contributed by atoms with Gasteiger partial charge in [0.05, 0.1) is 33.8 Å². The normalized spacial score (nSPS) is 12.9. The molecule has 3 aromatic heterocycles. The summed E-state index contributed by atoms with van der Waals surface area (Å²) in [5.41, 5.74) is 15.8. The van der Waals surface area contributed by atoms with Gasteiger partial charge >= 0.3 is 0 Å². The van der Waals surface area contributed by atoms with E-state index in [1.165, 1.54) is 22.3 Å². The molecule has 1 aliphatic rings. The van der Waals surface area contributed by atoms with Gasteiger partial charge in [-0.05, 0) is 52.6 Å². The number of rotatable bonds is 5. The van der Waals surface area contributed by atoms with Crippen LogP contribution in [0.3, 0.4) is 0 Å². The largest absolute Gasteiger partial charge is 0.245 e. The molecule has 1 aliphatic carbocycles. The summed E-state index contributed by atoms with van der Waals surface area (Å²) in [6, 6.07) is 59.4. The number of benzene rings is 6. The first-order chi connectivity index (χ1) is 26.0. The Balaban J connectivity index is 1.06. The van der Waals surface area contributed by atoms with E-state index in [-0.39, 0.29) is 5.41 Å². The van der Waals surface area contributed by atoms with Gasteiger partial charge in [-0.1, -0.05) is 153 Å². The van der Waals surface area contributed by atoms with Crippen molar-refractivity contribution in [3.05, 3.63) is 181 Å². The average Bonchev–Trinajstić information content (AvgIpc) is 3.46. The molecular formula is C49H34N4. The summed E-state index contributed by atoms with van der Waals surface area (Å²) in [4.78, 5) is 20.7. The van der Waals surface area contributed by atoms with Gasteiger partial charge in [0.1, 0.15) is 0 Å². The highest BCUT2D eigenvalue weighted by Crippen LogP contribution is 2.49. The lowest BCUT2D eigenvalue weighted by atomic mass is 9.82. The van der Waals surface area contributed by atoms with Crippen molar-refractivity contribution in [3.8, 4) is 67.5 Å². The van der Waals surface area contributed by atoms with Crippen LogP contribution < -0.4 is 0 Å². The van der Waals surface area contributed by atoms with Crippen molar-refractivity contribution in [2.24, 2.45) is 0 Å². The van der Waals surface area contributed by atoms with Gasteiger partial charge in [-0.25, -0.2) is 19.9 Å². The molecule has 0 fully saturated rings. The van der Waals surface area contributed by atoms with E-state index in [4.69, 9.17) is 19.9 Å². The molecular weight excluding hydrogens is 645 g/mol. The lowest BCUT2D eigenvalue weighted by Gasteiger charge is -2.21. The lowest BCUT2D eigenvalue weighted by Crippen LogP contribution is -2.14. The fraction of sp³-hybridized carbons (Fsp3) is 0.0612. The Bertz CT molecular complexity index is 2800. The standard InChI is InChI=1S/C49H34N4/c1-49(2)40-19-10-9-18-38(40)39-25-22-36(29-41(39)49)43-27-24-34-21-20-33-23-26-42(50-46(33)47(34)51-43)35-16-11-17-37(28-35)48-52-44(31-12-5-3-6-13-31)30-45(53-48)32-14-7-4-8-15-32/h3-30H,1-2H3. The molecule has 0 atom stereocenters. The average molecular weight is 679 g/mol. The minimum Gasteiger partial charge on any atom is -0.245 e. The Labute approximate surface area is 308 Å². The van der Waals surface area contributed by atoms with Crippen molar-refractivity contribution in [1.29, 1.82) is 0 Å². The van der Waals surface area contributed by atoms with Gasteiger partial charge in [0.15, 0.2) is 5.82 Å². The van der Waals surface area contributed by atoms with Gasteiger partial charge in [0.25, 0.3) is 0 Å². The summed E-state index contributed by atoms with van der Waals surface area (Å²) in [7, 11) is 0. The molecule has 0 saturated carbocycles. The molecule has 10 rings (SSSR count). The number of fused-ring (bicyclic) bond motifs is 6. The van der Waals surface area contributed by atoms with Crippen LogP contribution in [0.1, 0.15) is 25.0 Å². The SMILES string of the molecule is CC1(C)c2ccccc2-c2ccc(-c3ccc4ccc5ccc(-c6cccc(-c7nc(-c8ccccc8)cc(-c8ccccc8)n7)c6)nc5c4n3)cc21. The Morgan fingerprint density at radius 2 is 0.849 bits per heavy atom. The molecule has 3 heterocycles. The molecule has 0 unspecified atom stereocenters. The second-order valence-corrected chi connectivity index (χ2v) is 14.3. The van der Waals surface area contributed by atoms with Crippen molar-refractivity contribution in [3.63, 3.8) is 0 Å². The van der Waals surface area contributed by atoms with Crippen LogP contribution in [0.2, 0.25) is 0 Å². The van der Waals surface area contributed by atoms with E-state index >= 15 is 0 Å². The van der Waals surface area contributed by atoms with Crippen LogP contribution in [0.15, 0.2) is 170 Å². The second-order valence-electron chi connectivity index (χ2n) is 14.3. The second kappa shape index (κ2) is 12.2. The van der Waals surface area contributed by atoms with Crippen molar-refractivity contribution in [2.75, 3.05) is 0 Å². The minimum absolute atomic E-state index is 0.0759. The summed E-state index contributed by atoms with van der Waals surface area (Å²) in [5, 5.41) is 2.12. The molecule has 0 radical (unpaired) electrons. The first kappa shape index (κ1) is 31.0. The molecule has 9 aromatic rings. The molecule has 0 saturated heterocycles. The summed E-state index contributed by atoms with van der Waals surface area (Å²) >= 11 is 0. The molecule has 4 nitrogen and oxygen atoms in total. The first-order valence-corrected chi connectivity index (χ1v) is 18.1. The van der Waals surface area contributed by atoms with Crippen molar-refractivity contribution in [2.45, 2.75) is 19.3 Å². The van der Waals surface area contributed by atoms with Crippen molar-refractivity contribution < 1.29 is 0 Å². The fourth-order valence-electron chi connectivity index (χ4n) is 7.86. The predicted molar refractivity (Wildman–Crippen MR) is 217 cm³/mol. The van der Waals surface area contributed by atoms with E-state index in [9.17, 15) is 0 Å². The molecule has 0 spiro atoms. The molecule has 0 amide bonds. The summed E-state index contributed by atoms with van der Waals surface area (Å²) in [6.07, 6.45) is 0. The van der Waals surface area contributed by atoms with Crippen LogP contribution >= 0.6 is 0 Å². The van der Waals surface area contributed by atoms with Gasteiger partial charge < -0.3 is 0 Å². The number of aromatic nitrogens is 4. The number of nitrogens with zero attached hydrogens (tertiary/aromatic N) is 4. The van der Waals surface area contributed by atoms with E-state index in [0.717, 1.165) is 72.4 Å².